The van der Waals surface area contributed by atoms with E-state index < -0.39 is 71.8 Å². The second-order valence-corrected chi connectivity index (χ2v) is 19.4. The van der Waals surface area contributed by atoms with Crippen LogP contribution in [0.1, 0.15) is 139 Å². The van der Waals surface area contributed by atoms with Crippen LogP contribution in [-0.2, 0) is 42.9 Å². The van der Waals surface area contributed by atoms with E-state index in [9.17, 15) is 39.3 Å². The Bertz CT molecular complexity index is 1680. The highest BCUT2D eigenvalue weighted by molar-refractivity contribution is 6.39. The molecule has 2 saturated heterocycles. The van der Waals surface area contributed by atoms with Crippen LogP contribution in [0.3, 0.4) is 0 Å². The Labute approximate surface area is 383 Å². The number of hydrogen-bond acceptors (Lipinski definition) is 12. The van der Waals surface area contributed by atoms with E-state index >= 15 is 0 Å². The predicted molar refractivity (Wildman–Crippen MR) is 246 cm³/mol. The lowest BCUT2D eigenvalue weighted by molar-refractivity contribution is -0.265. The predicted octanol–water partition coefficient (Wildman–Crippen LogP) is 7.19. The first-order chi connectivity index (χ1) is 30.1. The van der Waals surface area contributed by atoms with Gasteiger partial charge in [-0.25, -0.2) is 4.79 Å². The summed E-state index contributed by atoms with van der Waals surface area (Å²) in [5.41, 5.74) is 1.56. The van der Waals surface area contributed by atoms with Crippen LogP contribution in [0.15, 0.2) is 47.6 Å². The molecule has 0 aromatic rings. The highest BCUT2D eigenvalue weighted by Gasteiger charge is 2.53. The Kier molecular flexibility index (Phi) is 22.5. The van der Waals surface area contributed by atoms with E-state index in [1.54, 1.807) is 54.9 Å². The molecule has 2 heterocycles. The van der Waals surface area contributed by atoms with Gasteiger partial charge in [0.2, 0.25) is 5.79 Å². The number of esters is 1. The van der Waals surface area contributed by atoms with Crippen molar-refractivity contribution in [3.05, 3.63) is 47.6 Å². The van der Waals surface area contributed by atoms with Crippen LogP contribution in [0.2, 0.25) is 0 Å². The van der Waals surface area contributed by atoms with Gasteiger partial charge in [0.25, 0.3) is 11.7 Å². The van der Waals surface area contributed by atoms with Crippen LogP contribution >= 0.6 is 0 Å². The van der Waals surface area contributed by atoms with Crippen LogP contribution < -0.4 is 0 Å². The number of carbonyl (C=O) groups excluding carboxylic acids is 5. The number of rotatable bonds is 23. The van der Waals surface area contributed by atoms with E-state index in [4.69, 9.17) is 18.9 Å². The lowest BCUT2D eigenvalue weighted by Crippen LogP contribution is -2.61. The molecule has 64 heavy (non-hydrogen) atoms. The summed E-state index contributed by atoms with van der Waals surface area (Å²) in [5.74, 6) is -6.37. The van der Waals surface area contributed by atoms with Gasteiger partial charge in [0.1, 0.15) is 23.7 Å². The fourth-order valence-electron chi connectivity index (χ4n) is 9.29. The second kappa shape index (κ2) is 26.1. The zero-order valence-corrected chi connectivity index (χ0v) is 40.6. The van der Waals surface area contributed by atoms with Crippen LogP contribution in [0.25, 0.3) is 0 Å². The smallest absolute Gasteiger partial charge is 0.329 e. The molecule has 0 aromatic carbocycles. The van der Waals surface area contributed by atoms with E-state index in [0.29, 0.717) is 56.9 Å². The number of piperidine rings is 1. The van der Waals surface area contributed by atoms with Crippen molar-refractivity contribution in [2.45, 2.75) is 188 Å². The summed E-state index contributed by atoms with van der Waals surface area (Å²) in [7, 11) is 3.16. The Balaban J connectivity index is 1.76. The van der Waals surface area contributed by atoms with Gasteiger partial charge in [-0.15, -0.1) is 0 Å². The van der Waals surface area contributed by atoms with Crippen molar-refractivity contribution in [2.24, 2.45) is 35.5 Å². The van der Waals surface area contributed by atoms with Gasteiger partial charge in [0.15, 0.2) is 0 Å². The van der Waals surface area contributed by atoms with E-state index in [1.165, 1.54) is 4.90 Å². The lowest BCUT2D eigenvalue weighted by Gasteiger charge is -2.42. The third-order valence-electron chi connectivity index (χ3n) is 14.1. The highest BCUT2D eigenvalue weighted by atomic mass is 16.6. The normalized spacial score (nSPS) is 29.4. The van der Waals surface area contributed by atoms with E-state index in [-0.39, 0.29) is 60.7 Å². The van der Waals surface area contributed by atoms with Crippen molar-refractivity contribution in [3.63, 3.8) is 0 Å². The number of methoxy groups -OCH3 is 2. The van der Waals surface area contributed by atoms with Crippen molar-refractivity contribution in [1.82, 2.24) is 4.90 Å². The topological polar surface area (TPSA) is 186 Å². The molecule has 0 unspecified atom stereocenters. The monoisotopic (exact) mass is 900 g/mol. The number of ether oxygens (including phenoxy) is 4. The fourth-order valence-corrected chi connectivity index (χ4v) is 9.29. The minimum absolute atomic E-state index is 0.0107. The third kappa shape index (κ3) is 15.9. The van der Waals surface area contributed by atoms with E-state index in [0.717, 1.165) is 18.4 Å². The molecule has 13 heteroatoms. The maximum Gasteiger partial charge on any atom is 0.329 e. The number of allylic oxidation sites excluding steroid dienone is 6. The van der Waals surface area contributed by atoms with Gasteiger partial charge in [-0.2, -0.15) is 0 Å². The van der Waals surface area contributed by atoms with Gasteiger partial charge >= 0.3 is 5.97 Å². The molecule has 1 aliphatic carbocycles. The number of aliphatic hydroxyl groups excluding tert-OH is 2. The minimum Gasteiger partial charge on any atom is -0.460 e. The summed E-state index contributed by atoms with van der Waals surface area (Å²) < 4.78 is 23.7. The number of aliphatic hydroxyl groups is 3. The van der Waals surface area contributed by atoms with Crippen molar-refractivity contribution in [1.29, 1.82) is 0 Å². The van der Waals surface area contributed by atoms with Gasteiger partial charge in [0.05, 0.1) is 30.5 Å². The van der Waals surface area contributed by atoms with Crippen LogP contribution in [0.4, 0.5) is 0 Å². The van der Waals surface area contributed by atoms with Gasteiger partial charge in [0, 0.05) is 51.4 Å². The molecule has 0 spiro atoms. The first-order valence-electron chi connectivity index (χ1n) is 23.7. The molecular formula is C51H81NO12. The molecule has 3 aliphatic rings. The molecule has 3 fully saturated rings. The molecule has 2 aliphatic heterocycles. The number of hydrogen-bond donors (Lipinski definition) is 3. The standard InChI is InChI=1S/C51H81NO12/c1-31(25-33(3)38(8)53)17-13-12-14-18-32(2)45(61-10)29-41-22-20-37(7)51(60,64-41)48(57)49(58)52-24-16-15-19-42(52)50(59)63-46(30-44(56)35(5)26-34(4)39(9)54)36(6)27-40-21-23-43(55)47(28-40)62-11/h12-14,17-18,26,31,33,35-37,39-43,45-47,54-55,60H,15-16,19-25,27-30H2,1-11H3/b14-12+,17-13+,32-18+,34-26-/t31-,33+,35-,36-,37+,39-,40-,41-,42-,43-,45+,46-,47+,51-/m0/s1. The molecule has 0 aromatic heterocycles. The largest absolute Gasteiger partial charge is 0.460 e. The maximum absolute atomic E-state index is 14.2. The molecule has 362 valence electrons. The van der Waals surface area contributed by atoms with Crippen molar-refractivity contribution >= 4 is 29.2 Å². The zero-order chi connectivity index (χ0) is 47.9. The molecule has 3 N–H and O–H groups in total. The quantitative estimate of drug-likeness (QED) is 0.0406. The number of nitrogens with zero attached hydrogens (tertiary/aromatic N) is 1. The number of Topliss-reactive ketones (excluding diaryl/α,β-unsaturated/α-hetero) is 3. The van der Waals surface area contributed by atoms with Gasteiger partial charge in [-0.1, -0.05) is 71.1 Å². The summed E-state index contributed by atoms with van der Waals surface area (Å²) >= 11 is 0. The van der Waals surface area contributed by atoms with Gasteiger partial charge in [-0.3, -0.25) is 19.2 Å². The van der Waals surface area contributed by atoms with Crippen LogP contribution in [0.5, 0.6) is 0 Å². The van der Waals surface area contributed by atoms with Crippen molar-refractivity contribution < 1.29 is 58.2 Å². The lowest BCUT2D eigenvalue weighted by atomic mass is 9.78. The molecule has 1 saturated carbocycles. The summed E-state index contributed by atoms with van der Waals surface area (Å²) in [4.78, 5) is 69.1. The van der Waals surface area contributed by atoms with Gasteiger partial charge < -0.3 is 39.2 Å². The zero-order valence-electron chi connectivity index (χ0n) is 40.6. The van der Waals surface area contributed by atoms with Crippen LogP contribution in [-0.4, -0.2) is 119 Å². The SMILES string of the molecule is CO[C@H](C[C@@H]1CC[C@@H](C)[C@@](O)(C(=O)C(=O)N2CCCC[C@H]2C(=O)O[C@@H](CC(=O)[C@@H](C)/C=C(/C)[C@H](C)O)[C@@H](C)C[C@@H]2CC[C@H](O)[C@H](OC)C2)O1)/C(C)=C/C=C/C=C/[C@H](C)C[C@@H](C)C(C)=O. The average Bonchev–Trinajstić information content (AvgIpc) is 3.25. The molecule has 3 rings (SSSR count). The fraction of sp³-hybridized carbons (Fsp3) is 0.745. The summed E-state index contributed by atoms with van der Waals surface area (Å²) in [6.45, 7) is 16.4. The van der Waals surface area contributed by atoms with E-state index in [2.05, 4.69) is 13.0 Å². The van der Waals surface area contributed by atoms with Crippen molar-refractivity contribution in [2.75, 3.05) is 20.8 Å². The Morgan fingerprint density at radius 1 is 0.891 bits per heavy atom. The molecule has 0 bridgehead atoms. The molecule has 13 nitrogen and oxygen atoms in total. The minimum atomic E-state index is -2.42. The maximum atomic E-state index is 14.2. The first-order valence-corrected chi connectivity index (χ1v) is 23.7. The number of ketones is 3. The molecular weight excluding hydrogens is 819 g/mol. The number of likely N-dealkylation sites (tertiary alicyclic amines) is 1. The number of amides is 1. The summed E-state index contributed by atoms with van der Waals surface area (Å²) in [5, 5.41) is 32.4. The first kappa shape index (κ1) is 55.0. The molecule has 1 amide bonds. The summed E-state index contributed by atoms with van der Waals surface area (Å²) in [6, 6.07) is -1.10. The number of carbonyl (C=O) groups is 5. The second-order valence-electron chi connectivity index (χ2n) is 19.4. The van der Waals surface area contributed by atoms with E-state index in [1.807, 2.05) is 45.1 Å². The van der Waals surface area contributed by atoms with Crippen molar-refractivity contribution in [3.8, 4) is 0 Å². The Morgan fingerprint density at radius 2 is 1.59 bits per heavy atom. The molecule has 14 atom stereocenters. The highest BCUT2D eigenvalue weighted by Crippen LogP contribution is 2.37. The third-order valence-corrected chi connectivity index (χ3v) is 14.1. The average molecular weight is 900 g/mol. The van der Waals surface area contributed by atoms with Gasteiger partial charge in [-0.05, 0) is 121 Å². The Morgan fingerprint density at radius 3 is 2.23 bits per heavy atom. The molecule has 0 radical (unpaired) electrons. The van der Waals surface area contributed by atoms with Crippen LogP contribution in [0, 0.1) is 35.5 Å². The Hall–Kier alpha value is -3.33. The summed E-state index contributed by atoms with van der Waals surface area (Å²) in [6.07, 6.45) is 14.0.